The lowest BCUT2D eigenvalue weighted by Crippen LogP contribution is -2.28. The Balaban J connectivity index is 2.17. The second-order valence-electron chi connectivity index (χ2n) is 3.70. The largest absolute Gasteiger partial charge is 0.311 e. The topological polar surface area (TPSA) is 15.3 Å². The van der Waals surface area contributed by atoms with E-state index in [1.807, 2.05) is 0 Å². The van der Waals surface area contributed by atoms with Crippen molar-refractivity contribution >= 4 is 22.6 Å². The SMILES string of the molecule is CCN(C)CCNCc1ccc(I)cc1. The first-order valence-electron chi connectivity index (χ1n) is 5.36. The number of hydrogen-bond donors (Lipinski definition) is 1. The molecule has 3 heteroatoms. The minimum absolute atomic E-state index is 0.967. The summed E-state index contributed by atoms with van der Waals surface area (Å²) in [5.41, 5.74) is 1.36. The molecule has 84 valence electrons. The van der Waals surface area contributed by atoms with Crippen LogP contribution in [-0.2, 0) is 6.54 Å². The monoisotopic (exact) mass is 318 g/mol. The van der Waals surface area contributed by atoms with Gasteiger partial charge in [-0.05, 0) is 53.9 Å². The van der Waals surface area contributed by atoms with Gasteiger partial charge in [0.05, 0.1) is 0 Å². The summed E-state index contributed by atoms with van der Waals surface area (Å²) >= 11 is 2.33. The Morgan fingerprint density at radius 1 is 1.27 bits per heavy atom. The van der Waals surface area contributed by atoms with Crippen molar-refractivity contribution < 1.29 is 0 Å². The van der Waals surface area contributed by atoms with Gasteiger partial charge in [0.15, 0.2) is 0 Å². The Morgan fingerprint density at radius 2 is 1.93 bits per heavy atom. The Hall–Kier alpha value is -0.130. The van der Waals surface area contributed by atoms with Gasteiger partial charge in [-0.2, -0.15) is 0 Å². The lowest BCUT2D eigenvalue weighted by Gasteiger charge is -2.13. The van der Waals surface area contributed by atoms with Crippen molar-refractivity contribution in [1.29, 1.82) is 0 Å². The van der Waals surface area contributed by atoms with E-state index in [0.717, 1.165) is 26.2 Å². The molecule has 0 saturated carbocycles. The van der Waals surface area contributed by atoms with E-state index in [-0.39, 0.29) is 0 Å². The summed E-state index contributed by atoms with van der Waals surface area (Å²) in [6, 6.07) is 8.65. The minimum atomic E-state index is 0.967. The highest BCUT2D eigenvalue weighted by atomic mass is 127. The van der Waals surface area contributed by atoms with Gasteiger partial charge in [-0.3, -0.25) is 0 Å². The van der Waals surface area contributed by atoms with Gasteiger partial charge in [0, 0.05) is 23.2 Å². The Morgan fingerprint density at radius 3 is 2.53 bits per heavy atom. The molecule has 0 amide bonds. The molecule has 0 fully saturated rings. The summed E-state index contributed by atoms with van der Waals surface area (Å²) in [7, 11) is 2.15. The molecule has 0 aliphatic rings. The molecule has 0 spiro atoms. The molecule has 0 bridgehead atoms. The van der Waals surface area contributed by atoms with E-state index in [1.165, 1.54) is 9.13 Å². The molecule has 0 unspecified atom stereocenters. The Kier molecular flexibility index (Phi) is 6.20. The molecule has 0 atom stereocenters. The highest BCUT2D eigenvalue weighted by Gasteiger charge is 1.95. The fourth-order valence-corrected chi connectivity index (χ4v) is 1.62. The molecule has 1 rings (SSSR count). The van der Waals surface area contributed by atoms with Gasteiger partial charge in [-0.25, -0.2) is 0 Å². The third kappa shape index (κ3) is 5.49. The minimum Gasteiger partial charge on any atom is -0.311 e. The molecule has 0 aliphatic heterocycles. The van der Waals surface area contributed by atoms with Crippen molar-refractivity contribution in [3.63, 3.8) is 0 Å². The van der Waals surface area contributed by atoms with Crippen LogP contribution in [0.3, 0.4) is 0 Å². The first-order chi connectivity index (χ1) is 7.22. The lowest BCUT2D eigenvalue weighted by atomic mass is 10.2. The summed E-state index contributed by atoms with van der Waals surface area (Å²) in [4.78, 5) is 2.31. The third-order valence-electron chi connectivity index (χ3n) is 2.45. The predicted molar refractivity (Wildman–Crippen MR) is 74.0 cm³/mol. The molecule has 0 aromatic heterocycles. The average Bonchev–Trinajstić information content (AvgIpc) is 2.26. The zero-order valence-electron chi connectivity index (χ0n) is 9.46. The number of likely N-dealkylation sites (N-methyl/N-ethyl adjacent to an activating group) is 1. The van der Waals surface area contributed by atoms with Gasteiger partial charge in [0.2, 0.25) is 0 Å². The zero-order valence-corrected chi connectivity index (χ0v) is 11.6. The van der Waals surface area contributed by atoms with Gasteiger partial charge >= 0.3 is 0 Å². The summed E-state index contributed by atoms with van der Waals surface area (Å²) in [5, 5.41) is 3.44. The summed E-state index contributed by atoms with van der Waals surface area (Å²) < 4.78 is 1.29. The Bertz CT molecular complexity index is 271. The van der Waals surface area contributed by atoms with Crippen LogP contribution in [0, 0.1) is 3.57 Å². The molecule has 0 saturated heterocycles. The molecule has 0 aliphatic carbocycles. The first kappa shape index (κ1) is 12.9. The van der Waals surface area contributed by atoms with Crippen LogP contribution in [0.25, 0.3) is 0 Å². The summed E-state index contributed by atoms with van der Waals surface area (Å²) in [5.74, 6) is 0. The molecule has 15 heavy (non-hydrogen) atoms. The van der Waals surface area contributed by atoms with E-state index in [1.54, 1.807) is 0 Å². The van der Waals surface area contributed by atoms with E-state index >= 15 is 0 Å². The number of rotatable bonds is 6. The normalized spacial score (nSPS) is 10.9. The van der Waals surface area contributed by atoms with Crippen LogP contribution < -0.4 is 5.32 Å². The second-order valence-corrected chi connectivity index (χ2v) is 4.94. The number of benzene rings is 1. The van der Waals surface area contributed by atoms with E-state index in [2.05, 4.69) is 71.0 Å². The highest BCUT2D eigenvalue weighted by molar-refractivity contribution is 14.1. The van der Waals surface area contributed by atoms with Gasteiger partial charge in [-0.1, -0.05) is 19.1 Å². The van der Waals surface area contributed by atoms with Crippen LogP contribution in [-0.4, -0.2) is 31.6 Å². The fourth-order valence-electron chi connectivity index (χ4n) is 1.26. The maximum absolute atomic E-state index is 3.44. The number of nitrogens with zero attached hydrogens (tertiary/aromatic N) is 1. The molecule has 1 aromatic carbocycles. The van der Waals surface area contributed by atoms with E-state index in [9.17, 15) is 0 Å². The standard InChI is InChI=1S/C12H19IN2/c1-3-15(2)9-8-14-10-11-4-6-12(13)7-5-11/h4-7,14H,3,8-10H2,1-2H3. The van der Waals surface area contributed by atoms with Crippen LogP contribution in [0.1, 0.15) is 12.5 Å². The molecular formula is C12H19IN2. The zero-order chi connectivity index (χ0) is 11.1. The van der Waals surface area contributed by atoms with Crippen LogP contribution in [0.5, 0.6) is 0 Å². The highest BCUT2D eigenvalue weighted by Crippen LogP contribution is 2.06. The number of nitrogens with one attached hydrogen (secondary N) is 1. The van der Waals surface area contributed by atoms with Crippen molar-refractivity contribution in [2.75, 3.05) is 26.7 Å². The van der Waals surface area contributed by atoms with Crippen LogP contribution in [0.4, 0.5) is 0 Å². The van der Waals surface area contributed by atoms with E-state index in [0.29, 0.717) is 0 Å². The number of hydrogen-bond acceptors (Lipinski definition) is 2. The maximum atomic E-state index is 3.44. The molecule has 0 heterocycles. The average molecular weight is 318 g/mol. The van der Waals surface area contributed by atoms with Crippen LogP contribution in [0.2, 0.25) is 0 Å². The van der Waals surface area contributed by atoms with Crippen molar-refractivity contribution in [2.24, 2.45) is 0 Å². The molecule has 1 N–H and O–H groups in total. The third-order valence-corrected chi connectivity index (χ3v) is 3.17. The molecular weight excluding hydrogens is 299 g/mol. The van der Waals surface area contributed by atoms with Gasteiger partial charge in [0.25, 0.3) is 0 Å². The molecule has 2 nitrogen and oxygen atoms in total. The lowest BCUT2D eigenvalue weighted by molar-refractivity contribution is 0.349. The van der Waals surface area contributed by atoms with E-state index in [4.69, 9.17) is 0 Å². The van der Waals surface area contributed by atoms with Crippen LogP contribution in [0.15, 0.2) is 24.3 Å². The second kappa shape index (κ2) is 7.19. The predicted octanol–water partition coefficient (Wildman–Crippen LogP) is 2.33. The smallest absolute Gasteiger partial charge is 0.0206 e. The molecule has 0 radical (unpaired) electrons. The van der Waals surface area contributed by atoms with Crippen LogP contribution >= 0.6 is 22.6 Å². The van der Waals surface area contributed by atoms with Crippen molar-refractivity contribution in [3.05, 3.63) is 33.4 Å². The van der Waals surface area contributed by atoms with Gasteiger partial charge < -0.3 is 10.2 Å². The number of halogens is 1. The first-order valence-corrected chi connectivity index (χ1v) is 6.44. The molecule has 1 aromatic rings. The van der Waals surface area contributed by atoms with E-state index < -0.39 is 0 Å². The van der Waals surface area contributed by atoms with Gasteiger partial charge in [0.1, 0.15) is 0 Å². The van der Waals surface area contributed by atoms with Crippen molar-refractivity contribution in [3.8, 4) is 0 Å². The quantitative estimate of drug-likeness (QED) is 0.640. The summed E-state index contributed by atoms with van der Waals surface area (Å²) in [6.07, 6.45) is 0. The van der Waals surface area contributed by atoms with Crippen molar-refractivity contribution in [1.82, 2.24) is 10.2 Å². The Labute approximate surface area is 106 Å². The summed E-state index contributed by atoms with van der Waals surface area (Å²) in [6.45, 7) is 6.43. The maximum Gasteiger partial charge on any atom is 0.0206 e. The van der Waals surface area contributed by atoms with Gasteiger partial charge in [-0.15, -0.1) is 0 Å². The van der Waals surface area contributed by atoms with Crippen molar-refractivity contribution in [2.45, 2.75) is 13.5 Å². The fraction of sp³-hybridized carbons (Fsp3) is 0.500.